The predicted molar refractivity (Wildman–Crippen MR) is 130 cm³/mol. The van der Waals surface area contributed by atoms with Gasteiger partial charge in [-0.25, -0.2) is 0 Å². The van der Waals surface area contributed by atoms with E-state index in [4.69, 9.17) is 0 Å². The second-order valence-corrected chi connectivity index (χ2v) is 11.1. The van der Waals surface area contributed by atoms with Crippen molar-refractivity contribution in [1.82, 2.24) is 15.1 Å². The Morgan fingerprint density at radius 1 is 1.03 bits per heavy atom. The lowest BCUT2D eigenvalue weighted by atomic mass is 9.70. The van der Waals surface area contributed by atoms with Crippen molar-refractivity contribution < 1.29 is 27.6 Å². The number of amides is 3. The molecule has 0 bridgehead atoms. The summed E-state index contributed by atoms with van der Waals surface area (Å²) in [4.78, 5) is 40.7. The first-order chi connectivity index (χ1) is 17.4. The summed E-state index contributed by atoms with van der Waals surface area (Å²) in [7, 11) is 0. The molecule has 3 heterocycles. The SMILES string of the molecule is CC1(C)CN(Cc2ccc(C(F)(F)F)cc2)CCC1c1ccc2c(c1)CN(C1CCC(=O)NC1=O)C2=O. The first-order valence-electron chi connectivity index (χ1n) is 12.6. The van der Waals surface area contributed by atoms with Crippen LogP contribution in [0.1, 0.15) is 71.6 Å². The number of fused-ring (bicyclic) bond motifs is 1. The molecule has 3 aliphatic rings. The van der Waals surface area contributed by atoms with Crippen molar-refractivity contribution >= 4 is 17.7 Å². The third-order valence-corrected chi connectivity index (χ3v) is 7.95. The fourth-order valence-corrected chi connectivity index (χ4v) is 6.09. The molecule has 0 saturated carbocycles. The van der Waals surface area contributed by atoms with Gasteiger partial charge in [-0.05, 0) is 65.6 Å². The van der Waals surface area contributed by atoms with E-state index < -0.39 is 23.7 Å². The molecule has 3 aliphatic heterocycles. The fourth-order valence-electron chi connectivity index (χ4n) is 6.09. The average molecular weight is 514 g/mol. The van der Waals surface area contributed by atoms with Crippen molar-refractivity contribution in [2.75, 3.05) is 13.1 Å². The van der Waals surface area contributed by atoms with Gasteiger partial charge in [-0.15, -0.1) is 0 Å². The van der Waals surface area contributed by atoms with Gasteiger partial charge in [-0.2, -0.15) is 13.2 Å². The standard InChI is InChI=1S/C28H30F3N3O3/c1-27(2)16-33(14-17-3-6-20(7-4-17)28(29,30)31)12-11-22(27)18-5-8-21-19(13-18)15-34(26(21)37)23-9-10-24(35)32-25(23)36/h3-8,13,22-23H,9-12,14-16H2,1-2H3,(H,32,35,36). The topological polar surface area (TPSA) is 69.7 Å². The Balaban J connectivity index is 1.27. The van der Waals surface area contributed by atoms with Gasteiger partial charge in [0.25, 0.3) is 5.91 Å². The minimum Gasteiger partial charge on any atom is -0.322 e. The Labute approximate surface area is 213 Å². The maximum Gasteiger partial charge on any atom is 0.416 e. The number of rotatable bonds is 4. The summed E-state index contributed by atoms with van der Waals surface area (Å²) in [6, 6.07) is 10.7. The second kappa shape index (κ2) is 9.28. The lowest BCUT2D eigenvalue weighted by Crippen LogP contribution is -2.52. The normalized spacial score (nSPS) is 24.2. The number of likely N-dealkylation sites (tertiary alicyclic amines) is 1. The fraction of sp³-hybridized carbons (Fsp3) is 0.464. The van der Waals surface area contributed by atoms with Crippen LogP contribution in [0, 0.1) is 5.41 Å². The molecule has 2 saturated heterocycles. The molecule has 196 valence electrons. The number of benzene rings is 2. The summed E-state index contributed by atoms with van der Waals surface area (Å²) < 4.78 is 38.6. The molecule has 2 fully saturated rings. The highest BCUT2D eigenvalue weighted by Gasteiger charge is 2.41. The number of hydrogen-bond donors (Lipinski definition) is 1. The maximum atomic E-state index is 13.0. The first-order valence-corrected chi connectivity index (χ1v) is 12.6. The van der Waals surface area contributed by atoms with E-state index in [2.05, 4.69) is 30.1 Å². The summed E-state index contributed by atoms with van der Waals surface area (Å²) in [6.07, 6.45) is -2.89. The van der Waals surface area contributed by atoms with E-state index in [0.29, 0.717) is 25.1 Å². The lowest BCUT2D eigenvalue weighted by molar-refractivity contribution is -0.138. The molecule has 9 heteroatoms. The van der Waals surface area contributed by atoms with E-state index in [-0.39, 0.29) is 29.6 Å². The monoisotopic (exact) mass is 513 g/mol. The molecule has 0 spiro atoms. The smallest absolute Gasteiger partial charge is 0.322 e. The molecule has 37 heavy (non-hydrogen) atoms. The average Bonchev–Trinajstić information content (AvgIpc) is 3.14. The van der Waals surface area contributed by atoms with Crippen molar-refractivity contribution in [3.8, 4) is 0 Å². The Kier molecular flexibility index (Phi) is 6.38. The van der Waals surface area contributed by atoms with Gasteiger partial charge < -0.3 is 4.90 Å². The Hall–Kier alpha value is -3.20. The van der Waals surface area contributed by atoms with Crippen LogP contribution in [-0.4, -0.2) is 46.7 Å². The number of nitrogens with zero attached hydrogens (tertiary/aromatic N) is 2. The van der Waals surface area contributed by atoms with Crippen molar-refractivity contribution in [2.45, 2.75) is 64.3 Å². The zero-order chi connectivity index (χ0) is 26.5. The van der Waals surface area contributed by atoms with Gasteiger partial charge in [0.1, 0.15) is 6.04 Å². The molecule has 3 amide bonds. The predicted octanol–water partition coefficient (Wildman–Crippen LogP) is 4.48. The summed E-state index contributed by atoms with van der Waals surface area (Å²) in [5.74, 6) is -0.651. The number of carbonyl (C=O) groups excluding carboxylic acids is 3. The molecule has 5 rings (SSSR count). The number of piperidine rings is 2. The molecule has 2 unspecified atom stereocenters. The van der Waals surface area contributed by atoms with Crippen molar-refractivity contribution in [2.24, 2.45) is 5.41 Å². The summed E-state index contributed by atoms with van der Waals surface area (Å²) in [6.45, 7) is 6.94. The largest absolute Gasteiger partial charge is 0.416 e. The van der Waals surface area contributed by atoms with E-state index in [9.17, 15) is 27.6 Å². The van der Waals surface area contributed by atoms with Crippen LogP contribution < -0.4 is 5.32 Å². The molecule has 2 atom stereocenters. The quantitative estimate of drug-likeness (QED) is 0.612. The van der Waals surface area contributed by atoms with Gasteiger partial charge in [0.15, 0.2) is 0 Å². The molecule has 2 aromatic carbocycles. The van der Waals surface area contributed by atoms with Crippen molar-refractivity contribution in [3.63, 3.8) is 0 Å². The molecular weight excluding hydrogens is 483 g/mol. The van der Waals surface area contributed by atoms with Crippen LogP contribution in [0.5, 0.6) is 0 Å². The summed E-state index contributed by atoms with van der Waals surface area (Å²) >= 11 is 0. The van der Waals surface area contributed by atoms with Crippen LogP contribution in [0.2, 0.25) is 0 Å². The Morgan fingerprint density at radius 2 is 1.76 bits per heavy atom. The van der Waals surface area contributed by atoms with E-state index in [1.54, 1.807) is 17.0 Å². The zero-order valence-corrected chi connectivity index (χ0v) is 20.9. The van der Waals surface area contributed by atoms with E-state index in [0.717, 1.165) is 48.3 Å². The Bertz CT molecular complexity index is 1240. The molecule has 1 N–H and O–H groups in total. The number of hydrogen-bond acceptors (Lipinski definition) is 4. The number of imide groups is 1. The van der Waals surface area contributed by atoms with E-state index >= 15 is 0 Å². The molecule has 2 aromatic rings. The van der Waals surface area contributed by atoms with Crippen LogP contribution in [0.4, 0.5) is 13.2 Å². The first kappa shape index (κ1) is 25.4. The van der Waals surface area contributed by atoms with Crippen LogP contribution in [-0.2, 0) is 28.9 Å². The second-order valence-electron chi connectivity index (χ2n) is 11.1. The maximum absolute atomic E-state index is 13.0. The van der Waals surface area contributed by atoms with Crippen LogP contribution in [0.15, 0.2) is 42.5 Å². The van der Waals surface area contributed by atoms with Gasteiger partial charge in [-0.3, -0.25) is 24.6 Å². The molecule has 0 aromatic heterocycles. The lowest BCUT2D eigenvalue weighted by Gasteiger charge is -2.45. The van der Waals surface area contributed by atoms with Crippen molar-refractivity contribution in [1.29, 1.82) is 0 Å². The number of carbonyl (C=O) groups is 3. The van der Waals surface area contributed by atoms with Gasteiger partial charge in [0.2, 0.25) is 11.8 Å². The van der Waals surface area contributed by atoms with E-state index in [1.807, 2.05) is 12.1 Å². The molecule has 0 aliphatic carbocycles. The van der Waals surface area contributed by atoms with Gasteiger partial charge in [-0.1, -0.05) is 38.1 Å². The van der Waals surface area contributed by atoms with Crippen LogP contribution >= 0.6 is 0 Å². The minimum absolute atomic E-state index is 0.0929. The number of halogens is 3. The highest BCUT2D eigenvalue weighted by atomic mass is 19.4. The summed E-state index contributed by atoms with van der Waals surface area (Å²) in [5, 5.41) is 2.33. The third kappa shape index (κ3) is 5.01. The Morgan fingerprint density at radius 3 is 2.41 bits per heavy atom. The highest BCUT2D eigenvalue weighted by Crippen LogP contribution is 2.44. The number of nitrogens with one attached hydrogen (secondary N) is 1. The third-order valence-electron chi connectivity index (χ3n) is 7.95. The highest BCUT2D eigenvalue weighted by molar-refractivity contribution is 6.05. The number of alkyl halides is 3. The minimum atomic E-state index is -4.34. The molecular formula is C28H30F3N3O3. The summed E-state index contributed by atoms with van der Waals surface area (Å²) in [5.41, 5.74) is 2.77. The van der Waals surface area contributed by atoms with Crippen molar-refractivity contribution in [3.05, 3.63) is 70.3 Å². The van der Waals surface area contributed by atoms with Crippen LogP contribution in [0.25, 0.3) is 0 Å². The zero-order valence-electron chi connectivity index (χ0n) is 20.9. The van der Waals surface area contributed by atoms with Gasteiger partial charge in [0.05, 0.1) is 5.56 Å². The van der Waals surface area contributed by atoms with E-state index in [1.165, 1.54) is 0 Å². The molecule has 6 nitrogen and oxygen atoms in total. The van der Waals surface area contributed by atoms with Crippen LogP contribution in [0.3, 0.4) is 0 Å². The van der Waals surface area contributed by atoms with Gasteiger partial charge >= 0.3 is 6.18 Å². The van der Waals surface area contributed by atoms with Gasteiger partial charge in [0, 0.05) is 31.6 Å². The molecule has 0 radical (unpaired) electrons.